The second-order valence-corrected chi connectivity index (χ2v) is 7.62. The van der Waals surface area contributed by atoms with Crippen molar-refractivity contribution in [3.63, 3.8) is 0 Å². The highest BCUT2D eigenvalue weighted by molar-refractivity contribution is 5.38. The molecule has 1 aliphatic heterocycles. The number of hydrogen-bond acceptors (Lipinski definition) is 1. The summed E-state index contributed by atoms with van der Waals surface area (Å²) in [6.07, 6.45) is 7.09. The van der Waals surface area contributed by atoms with Crippen LogP contribution in [0, 0.1) is 5.41 Å². The number of allylic oxidation sites excluding steroid dienone is 2. The molecule has 1 heterocycles. The zero-order valence-electron chi connectivity index (χ0n) is 12.3. The van der Waals surface area contributed by atoms with Crippen molar-refractivity contribution in [3.05, 3.63) is 23.3 Å². The highest BCUT2D eigenvalue weighted by atomic mass is 15.2. The molecular weight excluding hydrogens is 206 g/mol. The predicted molar refractivity (Wildman–Crippen MR) is 75.1 cm³/mol. The maximum atomic E-state index is 2.71. The van der Waals surface area contributed by atoms with Crippen molar-refractivity contribution in [2.75, 3.05) is 6.54 Å². The van der Waals surface area contributed by atoms with Gasteiger partial charge in [-0.2, -0.15) is 0 Å². The van der Waals surface area contributed by atoms with Gasteiger partial charge in [0.05, 0.1) is 0 Å². The molecule has 2 rings (SSSR count). The third-order valence-electron chi connectivity index (χ3n) is 4.15. The van der Waals surface area contributed by atoms with Crippen LogP contribution < -0.4 is 0 Å². The van der Waals surface area contributed by atoms with Gasteiger partial charge in [-0.25, -0.2) is 0 Å². The van der Waals surface area contributed by atoms with Crippen LogP contribution >= 0.6 is 0 Å². The number of hydrogen-bond donors (Lipinski definition) is 0. The Morgan fingerprint density at radius 2 is 1.76 bits per heavy atom. The largest absolute Gasteiger partial charge is 0.291 e. The minimum atomic E-state index is 0.263. The Kier molecular flexibility index (Phi) is 3.02. The van der Waals surface area contributed by atoms with Crippen LogP contribution in [0.3, 0.4) is 0 Å². The fourth-order valence-corrected chi connectivity index (χ4v) is 3.08. The molecule has 0 aromatic heterocycles. The van der Waals surface area contributed by atoms with Crippen LogP contribution in [0.25, 0.3) is 0 Å². The van der Waals surface area contributed by atoms with Gasteiger partial charge < -0.3 is 0 Å². The van der Waals surface area contributed by atoms with Crippen molar-refractivity contribution in [1.29, 1.82) is 0 Å². The van der Waals surface area contributed by atoms with Gasteiger partial charge in [-0.3, -0.25) is 4.90 Å². The topological polar surface area (TPSA) is 3.24 Å². The molecule has 0 saturated heterocycles. The van der Waals surface area contributed by atoms with E-state index < -0.39 is 0 Å². The summed E-state index contributed by atoms with van der Waals surface area (Å²) < 4.78 is 0. The molecule has 1 heteroatoms. The van der Waals surface area contributed by atoms with Gasteiger partial charge in [0.2, 0.25) is 0 Å². The first-order valence-corrected chi connectivity index (χ1v) is 6.84. The molecule has 1 unspecified atom stereocenters. The minimum absolute atomic E-state index is 0.263. The smallest absolute Gasteiger partial charge is 0.0210 e. The van der Waals surface area contributed by atoms with Crippen LogP contribution in [0.2, 0.25) is 0 Å². The molecule has 0 saturated carbocycles. The van der Waals surface area contributed by atoms with Gasteiger partial charge in [0, 0.05) is 18.1 Å². The van der Waals surface area contributed by atoms with Crippen molar-refractivity contribution in [2.45, 2.75) is 66.0 Å². The Hall–Kier alpha value is -0.560. The third-order valence-corrected chi connectivity index (χ3v) is 4.15. The summed E-state index contributed by atoms with van der Waals surface area (Å²) in [5.74, 6) is 0. The van der Waals surface area contributed by atoms with Gasteiger partial charge >= 0.3 is 0 Å². The molecule has 17 heavy (non-hydrogen) atoms. The van der Waals surface area contributed by atoms with E-state index in [-0.39, 0.29) is 5.54 Å². The van der Waals surface area contributed by atoms with Crippen molar-refractivity contribution >= 4 is 0 Å². The Bertz CT molecular complexity index is 360. The SMILES string of the molecule is CC(C)(C)C1CC2=C(CC=C2)CN1C(C)(C)C. The van der Waals surface area contributed by atoms with Gasteiger partial charge in [-0.15, -0.1) is 0 Å². The minimum Gasteiger partial charge on any atom is -0.291 e. The molecule has 1 nitrogen and oxygen atoms in total. The van der Waals surface area contributed by atoms with E-state index in [0.717, 1.165) is 6.54 Å². The van der Waals surface area contributed by atoms with Gasteiger partial charge in [-0.1, -0.05) is 32.9 Å². The fraction of sp³-hybridized carbons (Fsp3) is 0.750. The first-order chi connectivity index (χ1) is 7.69. The summed E-state index contributed by atoms with van der Waals surface area (Å²) >= 11 is 0. The normalized spacial score (nSPS) is 26.6. The third kappa shape index (κ3) is 2.49. The fourth-order valence-electron chi connectivity index (χ4n) is 3.08. The van der Waals surface area contributed by atoms with E-state index in [1.807, 2.05) is 0 Å². The van der Waals surface area contributed by atoms with Crippen LogP contribution in [0.15, 0.2) is 23.3 Å². The molecule has 1 aliphatic carbocycles. The van der Waals surface area contributed by atoms with Crippen LogP contribution in [-0.2, 0) is 0 Å². The van der Waals surface area contributed by atoms with E-state index in [4.69, 9.17) is 0 Å². The van der Waals surface area contributed by atoms with Gasteiger partial charge in [0.25, 0.3) is 0 Å². The Labute approximate surface area is 107 Å². The summed E-state index contributed by atoms with van der Waals surface area (Å²) in [5.41, 5.74) is 3.88. The molecule has 2 aliphatic rings. The molecule has 0 spiro atoms. The predicted octanol–water partition coefficient (Wildman–Crippen LogP) is 4.16. The molecule has 0 aromatic rings. The summed E-state index contributed by atoms with van der Waals surface area (Å²) in [6, 6.07) is 0.656. The molecular formula is C16H27N. The van der Waals surface area contributed by atoms with E-state index in [9.17, 15) is 0 Å². The summed E-state index contributed by atoms with van der Waals surface area (Å²) in [6.45, 7) is 15.3. The van der Waals surface area contributed by atoms with E-state index in [1.54, 1.807) is 11.1 Å². The van der Waals surface area contributed by atoms with Crippen molar-refractivity contribution in [2.24, 2.45) is 5.41 Å². The van der Waals surface area contributed by atoms with Crippen LogP contribution in [-0.4, -0.2) is 23.0 Å². The van der Waals surface area contributed by atoms with Crippen LogP contribution in [0.1, 0.15) is 54.4 Å². The number of rotatable bonds is 0. The lowest BCUT2D eigenvalue weighted by Crippen LogP contribution is -2.55. The van der Waals surface area contributed by atoms with Gasteiger partial charge in [0.1, 0.15) is 0 Å². The lowest BCUT2D eigenvalue weighted by molar-refractivity contribution is 0.0239. The zero-order valence-corrected chi connectivity index (χ0v) is 12.3. The average molecular weight is 233 g/mol. The van der Waals surface area contributed by atoms with Gasteiger partial charge in [-0.05, 0) is 50.2 Å². The quantitative estimate of drug-likeness (QED) is 0.607. The van der Waals surface area contributed by atoms with Crippen LogP contribution in [0.4, 0.5) is 0 Å². The van der Waals surface area contributed by atoms with Crippen molar-refractivity contribution in [3.8, 4) is 0 Å². The standard InChI is InChI=1S/C16H27N/c1-15(2,3)14-10-12-8-7-9-13(12)11-17(14)16(4,5)6/h7-8,14H,9-11H2,1-6H3. The van der Waals surface area contributed by atoms with E-state index in [0.29, 0.717) is 11.5 Å². The van der Waals surface area contributed by atoms with Crippen molar-refractivity contribution in [1.82, 2.24) is 4.90 Å². The second-order valence-electron chi connectivity index (χ2n) is 7.62. The van der Waals surface area contributed by atoms with Gasteiger partial charge in [0.15, 0.2) is 0 Å². The maximum Gasteiger partial charge on any atom is 0.0210 e. The molecule has 0 bridgehead atoms. The highest BCUT2D eigenvalue weighted by Crippen LogP contribution is 2.40. The lowest BCUT2D eigenvalue weighted by atomic mass is 9.77. The molecule has 0 radical (unpaired) electrons. The van der Waals surface area contributed by atoms with E-state index in [1.165, 1.54) is 12.8 Å². The van der Waals surface area contributed by atoms with E-state index in [2.05, 4.69) is 58.6 Å². The van der Waals surface area contributed by atoms with E-state index >= 15 is 0 Å². The average Bonchev–Trinajstić information content (AvgIpc) is 2.59. The first-order valence-electron chi connectivity index (χ1n) is 6.84. The number of nitrogens with zero attached hydrogens (tertiary/aromatic N) is 1. The molecule has 1 atom stereocenters. The molecule has 0 amide bonds. The Balaban J connectivity index is 2.31. The zero-order chi connectivity index (χ0) is 12.8. The lowest BCUT2D eigenvalue weighted by Gasteiger charge is -2.50. The van der Waals surface area contributed by atoms with Crippen molar-refractivity contribution < 1.29 is 0 Å². The Morgan fingerprint density at radius 1 is 1.12 bits per heavy atom. The summed E-state index contributed by atoms with van der Waals surface area (Å²) in [4.78, 5) is 2.71. The highest BCUT2D eigenvalue weighted by Gasteiger charge is 2.40. The molecule has 0 N–H and O–H groups in total. The molecule has 0 fully saturated rings. The molecule has 0 aromatic carbocycles. The Morgan fingerprint density at radius 3 is 2.29 bits per heavy atom. The molecule has 96 valence electrons. The second kappa shape index (κ2) is 3.98. The van der Waals surface area contributed by atoms with Crippen LogP contribution in [0.5, 0.6) is 0 Å². The monoisotopic (exact) mass is 233 g/mol. The maximum absolute atomic E-state index is 2.71. The summed E-state index contributed by atoms with van der Waals surface area (Å²) in [7, 11) is 0. The first kappa shape index (κ1) is 12.9. The summed E-state index contributed by atoms with van der Waals surface area (Å²) in [5, 5.41) is 0.